The van der Waals surface area contributed by atoms with Crippen LogP contribution < -0.4 is 0 Å². The number of hydrogen-bond acceptors (Lipinski definition) is 3. The first-order valence-corrected chi connectivity index (χ1v) is 6.54. The third-order valence-electron chi connectivity index (χ3n) is 3.31. The van der Waals surface area contributed by atoms with Crippen LogP contribution in [0.25, 0.3) is 11.1 Å². The van der Waals surface area contributed by atoms with Crippen molar-refractivity contribution < 1.29 is 14.6 Å². The lowest BCUT2D eigenvalue weighted by molar-refractivity contribution is 0.0597. The van der Waals surface area contributed by atoms with Crippen LogP contribution >= 0.6 is 0 Å². The summed E-state index contributed by atoms with van der Waals surface area (Å²) in [7, 11) is 1.30. The molecule has 0 unspecified atom stereocenters. The Balaban J connectivity index is 2.40. The first-order chi connectivity index (χ1) is 9.52. The fourth-order valence-corrected chi connectivity index (χ4v) is 2.05. The van der Waals surface area contributed by atoms with E-state index < -0.39 is 5.97 Å². The molecule has 0 aliphatic heterocycles. The van der Waals surface area contributed by atoms with Gasteiger partial charge < -0.3 is 9.84 Å². The molecule has 3 nitrogen and oxygen atoms in total. The summed E-state index contributed by atoms with van der Waals surface area (Å²) in [5, 5.41) is 9.70. The summed E-state index contributed by atoms with van der Waals surface area (Å²) in [6, 6.07) is 13.1. The number of aromatic hydroxyl groups is 1. The summed E-state index contributed by atoms with van der Waals surface area (Å²) in [5.41, 5.74) is 3.32. The number of ether oxygens (including phenoxy) is 1. The van der Waals surface area contributed by atoms with Crippen molar-refractivity contribution in [1.82, 2.24) is 0 Å². The Kier molecular flexibility index (Phi) is 4.08. The Morgan fingerprint density at radius 2 is 1.65 bits per heavy atom. The number of carbonyl (C=O) groups excluding carboxylic acids is 1. The third kappa shape index (κ3) is 2.82. The first kappa shape index (κ1) is 14.1. The topological polar surface area (TPSA) is 46.5 Å². The number of benzene rings is 2. The van der Waals surface area contributed by atoms with Gasteiger partial charge in [0.2, 0.25) is 0 Å². The van der Waals surface area contributed by atoms with Gasteiger partial charge in [0.25, 0.3) is 0 Å². The Morgan fingerprint density at radius 3 is 2.20 bits per heavy atom. The summed E-state index contributed by atoms with van der Waals surface area (Å²) in [6.07, 6.45) is 0. The molecule has 0 saturated heterocycles. The summed E-state index contributed by atoms with van der Waals surface area (Å²) in [5.74, 6) is -0.128. The van der Waals surface area contributed by atoms with Crippen LogP contribution in [-0.4, -0.2) is 18.2 Å². The van der Waals surface area contributed by atoms with Crippen molar-refractivity contribution in [2.45, 2.75) is 19.8 Å². The Labute approximate surface area is 118 Å². The second-order valence-corrected chi connectivity index (χ2v) is 5.00. The van der Waals surface area contributed by atoms with E-state index in [9.17, 15) is 9.90 Å². The number of hydrogen-bond donors (Lipinski definition) is 1. The van der Waals surface area contributed by atoms with Crippen LogP contribution in [0.4, 0.5) is 0 Å². The summed E-state index contributed by atoms with van der Waals surface area (Å²) in [6.45, 7) is 4.29. The van der Waals surface area contributed by atoms with Crippen LogP contribution in [0.15, 0.2) is 42.5 Å². The van der Waals surface area contributed by atoms with Crippen LogP contribution in [0.5, 0.6) is 5.75 Å². The second kappa shape index (κ2) is 5.78. The van der Waals surface area contributed by atoms with Crippen molar-refractivity contribution >= 4 is 5.97 Å². The molecule has 3 heteroatoms. The number of rotatable bonds is 3. The van der Waals surface area contributed by atoms with Crippen molar-refractivity contribution in [1.29, 1.82) is 0 Å². The molecular formula is C17H18O3. The maximum Gasteiger partial charge on any atom is 0.341 e. The number of esters is 1. The van der Waals surface area contributed by atoms with Gasteiger partial charge in [-0.15, -0.1) is 0 Å². The van der Waals surface area contributed by atoms with Crippen molar-refractivity contribution in [2.75, 3.05) is 7.11 Å². The van der Waals surface area contributed by atoms with E-state index in [1.807, 2.05) is 12.1 Å². The molecule has 0 heterocycles. The van der Waals surface area contributed by atoms with Gasteiger partial charge in [0.1, 0.15) is 11.3 Å². The van der Waals surface area contributed by atoms with Crippen molar-refractivity contribution in [2.24, 2.45) is 0 Å². The highest BCUT2D eigenvalue weighted by atomic mass is 16.5. The lowest BCUT2D eigenvalue weighted by Gasteiger charge is -2.09. The van der Waals surface area contributed by atoms with E-state index in [1.165, 1.54) is 18.7 Å². The normalized spacial score (nSPS) is 10.6. The Morgan fingerprint density at radius 1 is 1.05 bits per heavy atom. The number of phenolic OH excluding ortho intramolecular Hbond substituents is 1. The van der Waals surface area contributed by atoms with Crippen LogP contribution in [0, 0.1) is 0 Å². The molecule has 0 aliphatic carbocycles. The molecule has 2 aromatic rings. The first-order valence-electron chi connectivity index (χ1n) is 6.54. The molecule has 0 amide bonds. The molecule has 0 atom stereocenters. The smallest absolute Gasteiger partial charge is 0.341 e. The molecule has 0 saturated carbocycles. The molecule has 0 aromatic heterocycles. The number of methoxy groups -OCH3 is 1. The zero-order chi connectivity index (χ0) is 14.7. The van der Waals surface area contributed by atoms with Gasteiger partial charge in [-0.2, -0.15) is 0 Å². The molecule has 104 valence electrons. The highest BCUT2D eigenvalue weighted by molar-refractivity contribution is 5.94. The lowest BCUT2D eigenvalue weighted by Crippen LogP contribution is -2.01. The van der Waals surface area contributed by atoms with E-state index in [2.05, 4.69) is 30.7 Å². The van der Waals surface area contributed by atoms with Gasteiger partial charge in [-0.1, -0.05) is 44.2 Å². The zero-order valence-corrected chi connectivity index (χ0v) is 11.9. The minimum atomic E-state index is -0.539. The molecule has 0 bridgehead atoms. The molecule has 1 N–H and O–H groups in total. The van der Waals surface area contributed by atoms with E-state index in [1.54, 1.807) is 12.1 Å². The van der Waals surface area contributed by atoms with Crippen LogP contribution in [0.3, 0.4) is 0 Å². The minimum Gasteiger partial charge on any atom is -0.507 e. The van der Waals surface area contributed by atoms with Gasteiger partial charge in [0.15, 0.2) is 0 Å². The maximum absolute atomic E-state index is 11.6. The Bertz CT molecular complexity index is 613. The number of phenols is 1. The summed E-state index contributed by atoms with van der Waals surface area (Å²) < 4.78 is 4.66. The number of carbonyl (C=O) groups is 1. The quantitative estimate of drug-likeness (QED) is 0.858. The van der Waals surface area contributed by atoms with E-state index in [0.29, 0.717) is 5.92 Å². The highest BCUT2D eigenvalue weighted by Gasteiger charge is 2.12. The molecule has 2 aromatic carbocycles. The van der Waals surface area contributed by atoms with E-state index in [0.717, 1.165) is 11.1 Å². The molecule has 0 spiro atoms. The predicted molar refractivity (Wildman–Crippen MR) is 79.0 cm³/mol. The van der Waals surface area contributed by atoms with Crippen LogP contribution in [-0.2, 0) is 4.74 Å². The molecule has 0 fully saturated rings. The SMILES string of the molecule is COC(=O)c1cc(-c2ccc(C(C)C)cc2)ccc1O. The minimum absolute atomic E-state index is 0.0700. The summed E-state index contributed by atoms with van der Waals surface area (Å²) in [4.78, 5) is 11.6. The third-order valence-corrected chi connectivity index (χ3v) is 3.31. The second-order valence-electron chi connectivity index (χ2n) is 5.00. The van der Waals surface area contributed by atoms with Gasteiger partial charge in [0.05, 0.1) is 7.11 Å². The summed E-state index contributed by atoms with van der Waals surface area (Å²) >= 11 is 0. The fourth-order valence-electron chi connectivity index (χ4n) is 2.05. The van der Waals surface area contributed by atoms with E-state index in [4.69, 9.17) is 0 Å². The van der Waals surface area contributed by atoms with E-state index in [-0.39, 0.29) is 11.3 Å². The zero-order valence-electron chi connectivity index (χ0n) is 11.9. The highest BCUT2D eigenvalue weighted by Crippen LogP contribution is 2.27. The van der Waals surface area contributed by atoms with Crippen molar-refractivity contribution in [3.05, 3.63) is 53.6 Å². The van der Waals surface area contributed by atoms with Gasteiger partial charge in [0, 0.05) is 0 Å². The molecule has 0 radical (unpaired) electrons. The molecule has 2 rings (SSSR count). The van der Waals surface area contributed by atoms with Gasteiger partial charge in [-0.25, -0.2) is 4.79 Å². The largest absolute Gasteiger partial charge is 0.507 e. The van der Waals surface area contributed by atoms with Gasteiger partial charge in [-0.3, -0.25) is 0 Å². The Hall–Kier alpha value is -2.29. The van der Waals surface area contributed by atoms with Crippen molar-refractivity contribution in [3.8, 4) is 16.9 Å². The van der Waals surface area contributed by atoms with Crippen LogP contribution in [0.2, 0.25) is 0 Å². The van der Waals surface area contributed by atoms with E-state index >= 15 is 0 Å². The standard InChI is InChI=1S/C17H18O3/c1-11(2)12-4-6-13(7-5-12)14-8-9-16(18)15(10-14)17(19)20-3/h4-11,18H,1-3H3. The fraction of sp³-hybridized carbons (Fsp3) is 0.235. The monoisotopic (exact) mass is 270 g/mol. The van der Waals surface area contributed by atoms with Crippen molar-refractivity contribution in [3.63, 3.8) is 0 Å². The average molecular weight is 270 g/mol. The van der Waals surface area contributed by atoms with Crippen LogP contribution in [0.1, 0.15) is 35.7 Å². The predicted octanol–water partition coefficient (Wildman–Crippen LogP) is 3.97. The lowest BCUT2D eigenvalue weighted by atomic mass is 9.97. The average Bonchev–Trinajstić information content (AvgIpc) is 2.47. The molecule has 0 aliphatic rings. The molecular weight excluding hydrogens is 252 g/mol. The maximum atomic E-state index is 11.6. The van der Waals surface area contributed by atoms with Gasteiger partial charge in [-0.05, 0) is 34.7 Å². The van der Waals surface area contributed by atoms with Gasteiger partial charge >= 0.3 is 5.97 Å². The molecule has 20 heavy (non-hydrogen) atoms.